The standard InChI is InChI=1S/C15H16N4O/c16-18-15(8-12-6-7-20-11-12)13-9-17-19(10-13)14-4-2-1-3-5-14/h1-7,9-11,15,18H,8,16H2. The number of nitrogens with one attached hydrogen (secondary N) is 1. The Morgan fingerprint density at radius 3 is 2.80 bits per heavy atom. The lowest BCUT2D eigenvalue weighted by Crippen LogP contribution is -2.29. The zero-order valence-electron chi connectivity index (χ0n) is 10.9. The normalized spacial score (nSPS) is 12.4. The highest BCUT2D eigenvalue weighted by Gasteiger charge is 2.13. The van der Waals surface area contributed by atoms with Gasteiger partial charge in [0.05, 0.1) is 30.5 Å². The van der Waals surface area contributed by atoms with Crippen LogP contribution in [0.2, 0.25) is 0 Å². The Morgan fingerprint density at radius 2 is 2.10 bits per heavy atom. The monoisotopic (exact) mass is 268 g/mol. The molecule has 2 aromatic heterocycles. The molecule has 0 amide bonds. The number of para-hydroxylation sites is 1. The van der Waals surface area contributed by atoms with E-state index in [9.17, 15) is 0 Å². The van der Waals surface area contributed by atoms with Crippen LogP contribution in [0.15, 0.2) is 65.7 Å². The van der Waals surface area contributed by atoms with Crippen molar-refractivity contribution < 1.29 is 4.42 Å². The molecule has 1 aromatic carbocycles. The van der Waals surface area contributed by atoms with Gasteiger partial charge in [0.1, 0.15) is 0 Å². The Morgan fingerprint density at radius 1 is 1.25 bits per heavy atom. The molecule has 2 heterocycles. The summed E-state index contributed by atoms with van der Waals surface area (Å²) in [6.45, 7) is 0. The maximum Gasteiger partial charge on any atom is 0.0935 e. The maximum absolute atomic E-state index is 5.65. The summed E-state index contributed by atoms with van der Waals surface area (Å²) < 4.78 is 6.92. The van der Waals surface area contributed by atoms with Gasteiger partial charge in [-0.2, -0.15) is 5.10 Å². The van der Waals surface area contributed by atoms with E-state index in [1.165, 1.54) is 0 Å². The molecule has 0 saturated heterocycles. The molecule has 1 atom stereocenters. The first kappa shape index (κ1) is 12.7. The molecular formula is C15H16N4O. The summed E-state index contributed by atoms with van der Waals surface area (Å²) in [5, 5.41) is 4.38. The number of rotatable bonds is 5. The molecular weight excluding hydrogens is 252 g/mol. The van der Waals surface area contributed by atoms with E-state index in [1.807, 2.05) is 53.5 Å². The molecule has 0 bridgehead atoms. The Labute approximate surface area is 117 Å². The van der Waals surface area contributed by atoms with Gasteiger partial charge in [0.2, 0.25) is 0 Å². The number of hydrogen-bond acceptors (Lipinski definition) is 4. The number of benzene rings is 1. The first-order valence-electron chi connectivity index (χ1n) is 6.44. The van der Waals surface area contributed by atoms with Gasteiger partial charge in [-0.05, 0) is 30.2 Å². The Hall–Kier alpha value is -2.37. The molecule has 5 heteroatoms. The summed E-state index contributed by atoms with van der Waals surface area (Å²) in [6, 6.07) is 11.9. The highest BCUT2D eigenvalue weighted by Crippen LogP contribution is 2.19. The van der Waals surface area contributed by atoms with Crippen LogP contribution < -0.4 is 11.3 Å². The largest absolute Gasteiger partial charge is 0.472 e. The van der Waals surface area contributed by atoms with Gasteiger partial charge < -0.3 is 4.42 Å². The summed E-state index contributed by atoms with van der Waals surface area (Å²) >= 11 is 0. The molecule has 20 heavy (non-hydrogen) atoms. The van der Waals surface area contributed by atoms with Gasteiger partial charge in [-0.15, -0.1) is 0 Å². The molecule has 3 aromatic rings. The predicted octanol–water partition coefficient (Wildman–Crippen LogP) is 2.21. The number of hydrogen-bond donors (Lipinski definition) is 2. The molecule has 3 N–H and O–H groups in total. The second-order valence-corrected chi connectivity index (χ2v) is 4.61. The number of hydrazine groups is 1. The molecule has 5 nitrogen and oxygen atoms in total. The van der Waals surface area contributed by atoms with Gasteiger partial charge in [-0.3, -0.25) is 11.3 Å². The first-order valence-corrected chi connectivity index (χ1v) is 6.44. The summed E-state index contributed by atoms with van der Waals surface area (Å²) in [4.78, 5) is 0. The van der Waals surface area contributed by atoms with Gasteiger partial charge in [-0.25, -0.2) is 4.68 Å². The van der Waals surface area contributed by atoms with Gasteiger partial charge in [0.15, 0.2) is 0 Å². The van der Waals surface area contributed by atoms with Crippen LogP contribution in [-0.4, -0.2) is 9.78 Å². The van der Waals surface area contributed by atoms with Crippen molar-refractivity contribution in [1.82, 2.24) is 15.2 Å². The van der Waals surface area contributed by atoms with Crippen LogP contribution in [0.3, 0.4) is 0 Å². The number of aromatic nitrogens is 2. The van der Waals surface area contributed by atoms with E-state index in [2.05, 4.69) is 10.5 Å². The van der Waals surface area contributed by atoms with Crippen molar-refractivity contribution in [2.75, 3.05) is 0 Å². The van der Waals surface area contributed by atoms with Crippen LogP contribution in [0.5, 0.6) is 0 Å². The lowest BCUT2D eigenvalue weighted by Gasteiger charge is -2.12. The van der Waals surface area contributed by atoms with Gasteiger partial charge in [0.25, 0.3) is 0 Å². The second-order valence-electron chi connectivity index (χ2n) is 4.61. The van der Waals surface area contributed by atoms with Crippen LogP contribution in [0.4, 0.5) is 0 Å². The molecule has 3 rings (SSSR count). The Balaban J connectivity index is 1.81. The molecule has 0 aliphatic carbocycles. The van der Waals surface area contributed by atoms with Gasteiger partial charge in [-0.1, -0.05) is 18.2 Å². The van der Waals surface area contributed by atoms with E-state index < -0.39 is 0 Å². The zero-order valence-corrected chi connectivity index (χ0v) is 10.9. The molecule has 0 spiro atoms. The van der Waals surface area contributed by atoms with Crippen molar-refractivity contribution in [2.45, 2.75) is 12.5 Å². The number of nitrogens with zero attached hydrogens (tertiary/aromatic N) is 2. The van der Waals surface area contributed by atoms with Gasteiger partial charge >= 0.3 is 0 Å². The fourth-order valence-electron chi connectivity index (χ4n) is 2.16. The van der Waals surface area contributed by atoms with Crippen LogP contribution in [-0.2, 0) is 6.42 Å². The van der Waals surface area contributed by atoms with Crippen LogP contribution in [0, 0.1) is 0 Å². The van der Waals surface area contributed by atoms with E-state index in [4.69, 9.17) is 10.3 Å². The van der Waals surface area contributed by atoms with E-state index in [-0.39, 0.29) is 6.04 Å². The zero-order chi connectivity index (χ0) is 13.8. The van der Waals surface area contributed by atoms with Crippen molar-refractivity contribution in [1.29, 1.82) is 0 Å². The summed E-state index contributed by atoms with van der Waals surface area (Å²) in [7, 11) is 0. The molecule has 0 aliphatic heterocycles. The lowest BCUT2D eigenvalue weighted by molar-refractivity contribution is 0.536. The Kier molecular flexibility index (Phi) is 3.62. The molecule has 0 aliphatic rings. The third-order valence-electron chi connectivity index (χ3n) is 3.25. The smallest absolute Gasteiger partial charge is 0.0935 e. The minimum absolute atomic E-state index is 0.00469. The Bertz CT molecular complexity index is 646. The van der Waals surface area contributed by atoms with Crippen molar-refractivity contribution >= 4 is 0 Å². The number of furan rings is 1. The van der Waals surface area contributed by atoms with Crippen molar-refractivity contribution in [3.05, 3.63) is 72.4 Å². The maximum atomic E-state index is 5.65. The van der Waals surface area contributed by atoms with Crippen molar-refractivity contribution in [2.24, 2.45) is 5.84 Å². The van der Waals surface area contributed by atoms with Crippen LogP contribution >= 0.6 is 0 Å². The minimum atomic E-state index is 0.00469. The lowest BCUT2D eigenvalue weighted by atomic mass is 10.0. The minimum Gasteiger partial charge on any atom is -0.472 e. The molecule has 0 radical (unpaired) electrons. The average Bonchev–Trinajstić information content (AvgIpc) is 3.17. The fourth-order valence-corrected chi connectivity index (χ4v) is 2.16. The molecule has 1 unspecified atom stereocenters. The van der Waals surface area contributed by atoms with Crippen LogP contribution in [0.1, 0.15) is 17.2 Å². The highest BCUT2D eigenvalue weighted by atomic mass is 16.3. The highest BCUT2D eigenvalue weighted by molar-refractivity contribution is 5.31. The first-order chi connectivity index (χ1) is 9.86. The average molecular weight is 268 g/mol. The fraction of sp³-hybridized carbons (Fsp3) is 0.133. The predicted molar refractivity (Wildman–Crippen MR) is 76.0 cm³/mol. The topological polar surface area (TPSA) is 69.0 Å². The van der Waals surface area contributed by atoms with Crippen molar-refractivity contribution in [3.8, 4) is 5.69 Å². The molecule has 0 saturated carbocycles. The molecule has 0 fully saturated rings. The summed E-state index contributed by atoms with van der Waals surface area (Å²) in [5.74, 6) is 5.65. The third-order valence-corrected chi connectivity index (χ3v) is 3.25. The van der Waals surface area contributed by atoms with E-state index in [1.54, 1.807) is 12.5 Å². The van der Waals surface area contributed by atoms with Crippen molar-refractivity contribution in [3.63, 3.8) is 0 Å². The summed E-state index contributed by atoms with van der Waals surface area (Å²) in [6.07, 6.45) is 7.97. The quantitative estimate of drug-likeness (QED) is 0.550. The van der Waals surface area contributed by atoms with E-state index in [0.717, 1.165) is 23.2 Å². The van der Waals surface area contributed by atoms with Gasteiger partial charge in [0, 0.05) is 11.8 Å². The second kappa shape index (κ2) is 5.73. The van der Waals surface area contributed by atoms with E-state index >= 15 is 0 Å². The SMILES string of the molecule is NNC(Cc1ccoc1)c1cnn(-c2ccccc2)c1. The molecule has 102 valence electrons. The summed E-state index contributed by atoms with van der Waals surface area (Å²) in [5.41, 5.74) is 5.99. The number of nitrogens with two attached hydrogens (primary N) is 1. The third kappa shape index (κ3) is 2.64. The van der Waals surface area contributed by atoms with E-state index in [0.29, 0.717) is 0 Å². The van der Waals surface area contributed by atoms with Crippen LogP contribution in [0.25, 0.3) is 5.69 Å².